The van der Waals surface area contributed by atoms with Crippen LogP contribution in [0.2, 0.25) is 0 Å². The van der Waals surface area contributed by atoms with Crippen LogP contribution in [0, 0.1) is 5.82 Å². The summed E-state index contributed by atoms with van der Waals surface area (Å²) in [5, 5.41) is 1.24. The maximum atomic E-state index is 13.2. The number of halogens is 1. The van der Waals surface area contributed by atoms with E-state index in [1.54, 1.807) is 36.5 Å². The van der Waals surface area contributed by atoms with E-state index in [1.807, 2.05) is 0 Å². The Balaban J connectivity index is 2.11. The summed E-state index contributed by atoms with van der Waals surface area (Å²) >= 11 is 0. The molecule has 0 aliphatic heterocycles. The van der Waals surface area contributed by atoms with Crippen LogP contribution in [0.4, 0.5) is 4.39 Å². The molecule has 3 nitrogen and oxygen atoms in total. The first-order valence-electron chi connectivity index (χ1n) is 5.94. The molecule has 0 radical (unpaired) electrons. The lowest BCUT2D eigenvalue weighted by Gasteiger charge is -2.04. The van der Waals surface area contributed by atoms with Gasteiger partial charge in [-0.3, -0.25) is 4.79 Å². The molecule has 1 aromatic heterocycles. The van der Waals surface area contributed by atoms with Gasteiger partial charge < -0.3 is 4.98 Å². The zero-order valence-electron chi connectivity index (χ0n) is 10.3. The van der Waals surface area contributed by atoms with Gasteiger partial charge in [-0.05, 0) is 47.9 Å². The first-order chi connectivity index (χ1) is 9.65. The van der Waals surface area contributed by atoms with E-state index in [4.69, 9.17) is 0 Å². The van der Waals surface area contributed by atoms with Crippen molar-refractivity contribution >= 4 is 21.6 Å². The molecule has 3 aromatic rings. The minimum atomic E-state index is -1.47. The van der Waals surface area contributed by atoms with Crippen LogP contribution < -0.4 is 5.56 Å². The second-order valence-electron chi connectivity index (χ2n) is 4.28. The molecule has 0 bridgehead atoms. The molecule has 1 heterocycles. The Labute approximate surface area is 116 Å². The van der Waals surface area contributed by atoms with Gasteiger partial charge in [0.1, 0.15) is 5.82 Å². The highest BCUT2D eigenvalue weighted by Gasteiger charge is 2.09. The van der Waals surface area contributed by atoms with Gasteiger partial charge in [-0.25, -0.2) is 8.60 Å². The minimum Gasteiger partial charge on any atom is -0.329 e. The maximum absolute atomic E-state index is 13.2. The Morgan fingerprint density at radius 3 is 2.60 bits per heavy atom. The molecule has 1 N–H and O–H groups in total. The number of aromatic nitrogens is 1. The molecule has 1 atom stereocenters. The monoisotopic (exact) mass is 287 g/mol. The summed E-state index contributed by atoms with van der Waals surface area (Å²) < 4.78 is 25.6. The number of pyridine rings is 1. The number of nitrogens with one attached hydrogen (secondary N) is 1. The molecule has 20 heavy (non-hydrogen) atoms. The van der Waals surface area contributed by atoms with E-state index < -0.39 is 16.6 Å². The first kappa shape index (κ1) is 12.7. The summed E-state index contributed by atoms with van der Waals surface area (Å²) in [7, 11) is -1.47. The average molecular weight is 287 g/mol. The van der Waals surface area contributed by atoms with Crippen molar-refractivity contribution in [2.75, 3.05) is 0 Å². The van der Waals surface area contributed by atoms with Crippen molar-refractivity contribution < 1.29 is 8.60 Å². The quantitative estimate of drug-likeness (QED) is 0.788. The molecule has 0 spiro atoms. The van der Waals surface area contributed by atoms with Gasteiger partial charge in [-0.2, -0.15) is 0 Å². The van der Waals surface area contributed by atoms with Crippen LogP contribution in [0.1, 0.15) is 0 Å². The smallest absolute Gasteiger partial charge is 0.255 e. The fraction of sp³-hybridized carbons (Fsp3) is 0. The van der Waals surface area contributed by atoms with Gasteiger partial charge in [-0.1, -0.05) is 6.07 Å². The minimum absolute atomic E-state index is 0.189. The van der Waals surface area contributed by atoms with Gasteiger partial charge in [0.15, 0.2) is 0 Å². The number of benzene rings is 2. The second kappa shape index (κ2) is 5.02. The maximum Gasteiger partial charge on any atom is 0.255 e. The standard InChI is InChI=1S/C15H10FNO2S/c16-11-2-1-3-12(9-11)20(19)13-4-5-14-10(8-13)6-7-17-15(14)18/h1-9H,(H,17,18). The number of rotatable bonds is 2. The van der Waals surface area contributed by atoms with Crippen molar-refractivity contribution in [1.29, 1.82) is 0 Å². The normalized spacial score (nSPS) is 12.4. The number of H-pyrrole nitrogens is 1. The number of aromatic amines is 1. The number of hydrogen-bond donors (Lipinski definition) is 1. The third kappa shape index (κ3) is 2.28. The van der Waals surface area contributed by atoms with E-state index in [1.165, 1.54) is 18.2 Å². The van der Waals surface area contributed by atoms with Gasteiger partial charge in [0.05, 0.1) is 10.8 Å². The van der Waals surface area contributed by atoms with E-state index in [2.05, 4.69) is 4.98 Å². The SMILES string of the molecule is O=c1[nH]ccc2cc(S(=O)c3cccc(F)c3)ccc12. The molecule has 0 saturated heterocycles. The average Bonchev–Trinajstić information content (AvgIpc) is 2.46. The summed E-state index contributed by atoms with van der Waals surface area (Å²) in [5.41, 5.74) is -0.189. The van der Waals surface area contributed by atoms with Crippen LogP contribution in [-0.4, -0.2) is 9.19 Å². The zero-order valence-corrected chi connectivity index (χ0v) is 11.1. The predicted octanol–water partition coefficient (Wildman–Crippen LogP) is 2.83. The lowest BCUT2D eigenvalue weighted by atomic mass is 10.2. The Bertz CT molecular complexity index is 873. The fourth-order valence-electron chi connectivity index (χ4n) is 2.00. The van der Waals surface area contributed by atoms with Gasteiger partial charge in [-0.15, -0.1) is 0 Å². The molecule has 2 aromatic carbocycles. The van der Waals surface area contributed by atoms with Crippen molar-refractivity contribution in [1.82, 2.24) is 4.98 Å². The Morgan fingerprint density at radius 2 is 1.80 bits per heavy atom. The van der Waals surface area contributed by atoms with Crippen LogP contribution in [0.3, 0.4) is 0 Å². The van der Waals surface area contributed by atoms with Gasteiger partial charge in [0.25, 0.3) is 5.56 Å². The van der Waals surface area contributed by atoms with Crippen molar-refractivity contribution in [2.24, 2.45) is 0 Å². The van der Waals surface area contributed by atoms with E-state index in [0.29, 0.717) is 20.6 Å². The molecule has 0 fully saturated rings. The van der Waals surface area contributed by atoms with Gasteiger partial charge in [0, 0.05) is 21.4 Å². The third-order valence-electron chi connectivity index (χ3n) is 2.97. The largest absolute Gasteiger partial charge is 0.329 e. The molecule has 0 aliphatic rings. The van der Waals surface area contributed by atoms with E-state index in [9.17, 15) is 13.4 Å². The van der Waals surface area contributed by atoms with E-state index >= 15 is 0 Å². The Morgan fingerprint density at radius 1 is 1.00 bits per heavy atom. The number of fused-ring (bicyclic) bond motifs is 1. The van der Waals surface area contributed by atoms with Gasteiger partial charge in [0.2, 0.25) is 0 Å². The summed E-state index contributed by atoms with van der Waals surface area (Å²) in [6, 6.07) is 12.4. The van der Waals surface area contributed by atoms with Crippen LogP contribution >= 0.6 is 0 Å². The topological polar surface area (TPSA) is 49.9 Å². The van der Waals surface area contributed by atoms with Crippen molar-refractivity contribution in [3.05, 3.63) is 70.9 Å². The van der Waals surface area contributed by atoms with Crippen LogP contribution in [0.25, 0.3) is 10.8 Å². The molecular weight excluding hydrogens is 277 g/mol. The Kier molecular flexibility index (Phi) is 3.20. The third-order valence-corrected chi connectivity index (χ3v) is 4.33. The van der Waals surface area contributed by atoms with Gasteiger partial charge >= 0.3 is 0 Å². The lowest BCUT2D eigenvalue weighted by Crippen LogP contribution is -2.04. The van der Waals surface area contributed by atoms with Crippen LogP contribution in [-0.2, 0) is 10.8 Å². The lowest BCUT2D eigenvalue weighted by molar-refractivity contribution is 0.622. The van der Waals surface area contributed by atoms with Crippen LogP contribution in [0.5, 0.6) is 0 Å². The Hall–Kier alpha value is -2.27. The van der Waals surface area contributed by atoms with Crippen molar-refractivity contribution in [2.45, 2.75) is 9.79 Å². The molecule has 0 saturated carbocycles. The fourth-order valence-corrected chi connectivity index (χ4v) is 3.12. The zero-order chi connectivity index (χ0) is 14.1. The highest BCUT2D eigenvalue weighted by Crippen LogP contribution is 2.20. The predicted molar refractivity (Wildman–Crippen MR) is 75.6 cm³/mol. The molecule has 1 unspecified atom stereocenters. The summed E-state index contributed by atoms with van der Waals surface area (Å²) in [5.74, 6) is -0.423. The number of hydrogen-bond acceptors (Lipinski definition) is 2. The van der Waals surface area contributed by atoms with Crippen LogP contribution in [0.15, 0.2) is 69.3 Å². The molecule has 0 amide bonds. The van der Waals surface area contributed by atoms with E-state index in [0.717, 1.165) is 0 Å². The molecule has 3 rings (SSSR count). The molecular formula is C15H10FNO2S. The second-order valence-corrected chi connectivity index (χ2v) is 5.76. The first-order valence-corrected chi connectivity index (χ1v) is 7.09. The van der Waals surface area contributed by atoms with E-state index in [-0.39, 0.29) is 5.56 Å². The molecule has 0 aliphatic carbocycles. The highest BCUT2D eigenvalue weighted by atomic mass is 32.2. The summed E-state index contributed by atoms with van der Waals surface area (Å²) in [6.07, 6.45) is 1.54. The van der Waals surface area contributed by atoms with Crippen molar-refractivity contribution in [3.63, 3.8) is 0 Å². The highest BCUT2D eigenvalue weighted by molar-refractivity contribution is 7.85. The molecule has 5 heteroatoms. The van der Waals surface area contributed by atoms with Crippen molar-refractivity contribution in [3.8, 4) is 0 Å². The molecule has 100 valence electrons. The summed E-state index contributed by atoms with van der Waals surface area (Å²) in [4.78, 5) is 15.1. The summed E-state index contributed by atoms with van der Waals surface area (Å²) in [6.45, 7) is 0.